The van der Waals surface area contributed by atoms with Crippen molar-refractivity contribution in [1.29, 1.82) is 0 Å². The molecule has 0 aliphatic carbocycles. The van der Waals surface area contributed by atoms with Crippen molar-refractivity contribution in [3.8, 4) is 0 Å². The number of hydrogen-bond acceptors (Lipinski definition) is 2. The van der Waals surface area contributed by atoms with Crippen molar-refractivity contribution >= 4 is 5.97 Å². The summed E-state index contributed by atoms with van der Waals surface area (Å²) in [6.45, 7) is 6.22. The van der Waals surface area contributed by atoms with Gasteiger partial charge in [-0.15, -0.1) is 0 Å². The van der Waals surface area contributed by atoms with Crippen LogP contribution in [0.4, 0.5) is 0 Å². The zero-order valence-electron chi connectivity index (χ0n) is 12.1. The van der Waals surface area contributed by atoms with Crippen LogP contribution in [-0.4, -0.2) is 17.1 Å². The fraction of sp³-hybridized carbons (Fsp3) is 0.562. The van der Waals surface area contributed by atoms with E-state index in [-0.39, 0.29) is 6.04 Å². The minimum atomic E-state index is -0.759. The quantitative estimate of drug-likeness (QED) is 0.754. The lowest BCUT2D eigenvalue weighted by Crippen LogP contribution is -2.38. The molecule has 0 radical (unpaired) electrons. The van der Waals surface area contributed by atoms with Gasteiger partial charge in [0, 0.05) is 6.04 Å². The minimum Gasteiger partial charge on any atom is -0.480 e. The molecule has 3 heteroatoms. The Morgan fingerprint density at radius 1 is 1.21 bits per heavy atom. The summed E-state index contributed by atoms with van der Waals surface area (Å²) in [5, 5.41) is 12.5. The molecule has 0 aromatic heterocycles. The number of carboxylic acids is 1. The van der Waals surface area contributed by atoms with Crippen LogP contribution in [0.3, 0.4) is 0 Å². The van der Waals surface area contributed by atoms with Crippen LogP contribution in [0.1, 0.15) is 57.2 Å². The third-order valence-corrected chi connectivity index (χ3v) is 3.48. The van der Waals surface area contributed by atoms with Crippen molar-refractivity contribution in [2.75, 3.05) is 0 Å². The highest BCUT2D eigenvalue weighted by Gasteiger charge is 2.20. The van der Waals surface area contributed by atoms with E-state index >= 15 is 0 Å². The van der Waals surface area contributed by atoms with E-state index in [1.807, 2.05) is 6.92 Å². The SMILES string of the molecule is CCCC(NC(CC)c1ccc(CC)cc1)C(=O)O. The molecule has 106 valence electrons. The first-order valence-electron chi connectivity index (χ1n) is 7.20. The Bertz CT molecular complexity index is 386. The Kier molecular flexibility index (Phi) is 6.57. The van der Waals surface area contributed by atoms with Gasteiger partial charge in [-0.2, -0.15) is 0 Å². The van der Waals surface area contributed by atoms with Gasteiger partial charge in [0.1, 0.15) is 6.04 Å². The van der Waals surface area contributed by atoms with Crippen LogP contribution in [0.5, 0.6) is 0 Å². The van der Waals surface area contributed by atoms with Gasteiger partial charge < -0.3 is 5.11 Å². The van der Waals surface area contributed by atoms with E-state index in [9.17, 15) is 9.90 Å². The van der Waals surface area contributed by atoms with Crippen molar-refractivity contribution in [1.82, 2.24) is 5.32 Å². The van der Waals surface area contributed by atoms with E-state index in [1.54, 1.807) is 0 Å². The smallest absolute Gasteiger partial charge is 0.320 e. The zero-order valence-corrected chi connectivity index (χ0v) is 12.1. The molecule has 2 atom stereocenters. The van der Waals surface area contributed by atoms with Crippen LogP contribution >= 0.6 is 0 Å². The van der Waals surface area contributed by atoms with Crippen molar-refractivity contribution in [2.24, 2.45) is 0 Å². The summed E-state index contributed by atoms with van der Waals surface area (Å²) in [5.74, 6) is -0.759. The van der Waals surface area contributed by atoms with Gasteiger partial charge in [-0.05, 0) is 30.4 Å². The van der Waals surface area contributed by atoms with E-state index in [1.165, 1.54) is 11.1 Å². The molecule has 3 nitrogen and oxygen atoms in total. The van der Waals surface area contributed by atoms with Gasteiger partial charge in [0.2, 0.25) is 0 Å². The summed E-state index contributed by atoms with van der Waals surface area (Å²) in [7, 11) is 0. The molecular weight excluding hydrogens is 238 g/mol. The maximum Gasteiger partial charge on any atom is 0.320 e. The fourth-order valence-corrected chi connectivity index (χ4v) is 2.25. The molecule has 1 rings (SSSR count). The number of aliphatic carboxylic acids is 1. The maximum atomic E-state index is 11.2. The van der Waals surface area contributed by atoms with Gasteiger partial charge in [-0.1, -0.05) is 51.5 Å². The first kappa shape index (κ1) is 15.7. The molecule has 0 spiro atoms. The molecule has 2 N–H and O–H groups in total. The van der Waals surface area contributed by atoms with Crippen molar-refractivity contribution < 1.29 is 9.90 Å². The van der Waals surface area contributed by atoms with Crippen LogP contribution in [-0.2, 0) is 11.2 Å². The van der Waals surface area contributed by atoms with Crippen molar-refractivity contribution in [2.45, 2.75) is 58.5 Å². The Morgan fingerprint density at radius 3 is 2.26 bits per heavy atom. The predicted molar refractivity (Wildman–Crippen MR) is 78.3 cm³/mol. The third-order valence-electron chi connectivity index (χ3n) is 3.48. The highest BCUT2D eigenvalue weighted by Crippen LogP contribution is 2.19. The normalized spacial score (nSPS) is 14.1. The van der Waals surface area contributed by atoms with E-state index in [4.69, 9.17) is 0 Å². The Balaban J connectivity index is 2.77. The lowest BCUT2D eigenvalue weighted by Gasteiger charge is -2.22. The monoisotopic (exact) mass is 263 g/mol. The van der Waals surface area contributed by atoms with E-state index in [2.05, 4.69) is 43.4 Å². The topological polar surface area (TPSA) is 49.3 Å². The average molecular weight is 263 g/mol. The molecule has 0 saturated heterocycles. The van der Waals surface area contributed by atoms with Crippen LogP contribution < -0.4 is 5.32 Å². The van der Waals surface area contributed by atoms with Gasteiger partial charge in [0.15, 0.2) is 0 Å². The summed E-state index contributed by atoms with van der Waals surface area (Å²) in [4.78, 5) is 11.2. The van der Waals surface area contributed by atoms with E-state index < -0.39 is 12.0 Å². The van der Waals surface area contributed by atoms with Crippen LogP contribution in [0.15, 0.2) is 24.3 Å². The summed E-state index contributed by atoms with van der Waals surface area (Å²) in [5.41, 5.74) is 2.48. The molecule has 0 fully saturated rings. The first-order valence-corrected chi connectivity index (χ1v) is 7.20. The summed E-state index contributed by atoms with van der Waals surface area (Å²) < 4.78 is 0. The number of rotatable bonds is 8. The molecule has 0 saturated carbocycles. The molecule has 1 aromatic rings. The maximum absolute atomic E-state index is 11.2. The van der Waals surface area contributed by atoms with Gasteiger partial charge in [0.05, 0.1) is 0 Å². The predicted octanol–water partition coefficient (Wildman–Crippen LogP) is 3.54. The van der Waals surface area contributed by atoms with Crippen LogP contribution in [0.2, 0.25) is 0 Å². The lowest BCUT2D eigenvalue weighted by atomic mass is 10.00. The number of aryl methyl sites for hydroxylation is 1. The molecule has 0 aliphatic heterocycles. The Hall–Kier alpha value is -1.35. The molecule has 19 heavy (non-hydrogen) atoms. The molecular formula is C16H25NO2. The largest absolute Gasteiger partial charge is 0.480 e. The zero-order chi connectivity index (χ0) is 14.3. The van der Waals surface area contributed by atoms with Gasteiger partial charge >= 0.3 is 5.97 Å². The second-order valence-corrected chi connectivity index (χ2v) is 4.90. The lowest BCUT2D eigenvalue weighted by molar-refractivity contribution is -0.139. The van der Waals surface area contributed by atoms with E-state index in [0.29, 0.717) is 6.42 Å². The summed E-state index contributed by atoms with van der Waals surface area (Å²) in [6.07, 6.45) is 3.45. The average Bonchev–Trinajstić information content (AvgIpc) is 2.43. The second-order valence-electron chi connectivity index (χ2n) is 4.90. The van der Waals surface area contributed by atoms with Gasteiger partial charge in [0.25, 0.3) is 0 Å². The highest BCUT2D eigenvalue weighted by molar-refractivity contribution is 5.73. The molecule has 0 aliphatic rings. The van der Waals surface area contributed by atoms with Gasteiger partial charge in [-0.3, -0.25) is 10.1 Å². The van der Waals surface area contributed by atoms with E-state index in [0.717, 1.165) is 19.3 Å². The van der Waals surface area contributed by atoms with Crippen molar-refractivity contribution in [3.05, 3.63) is 35.4 Å². The standard InChI is InChI=1S/C16H25NO2/c1-4-7-15(16(18)19)17-14(6-3)13-10-8-12(5-2)9-11-13/h8-11,14-15,17H,4-7H2,1-3H3,(H,18,19). The molecule has 0 heterocycles. The Labute approximate surface area is 116 Å². The van der Waals surface area contributed by atoms with Crippen LogP contribution in [0.25, 0.3) is 0 Å². The molecule has 1 aromatic carbocycles. The minimum absolute atomic E-state index is 0.110. The van der Waals surface area contributed by atoms with Gasteiger partial charge in [-0.25, -0.2) is 0 Å². The number of carboxylic acid groups (broad SMARTS) is 1. The Morgan fingerprint density at radius 2 is 1.84 bits per heavy atom. The highest BCUT2D eigenvalue weighted by atomic mass is 16.4. The second kappa shape index (κ2) is 7.95. The van der Waals surface area contributed by atoms with Crippen LogP contribution in [0, 0.1) is 0 Å². The fourth-order valence-electron chi connectivity index (χ4n) is 2.25. The molecule has 0 bridgehead atoms. The third kappa shape index (κ3) is 4.67. The number of nitrogens with one attached hydrogen (secondary N) is 1. The molecule has 0 amide bonds. The molecule has 2 unspecified atom stereocenters. The van der Waals surface area contributed by atoms with Crippen molar-refractivity contribution in [3.63, 3.8) is 0 Å². The number of benzene rings is 1. The summed E-state index contributed by atoms with van der Waals surface area (Å²) in [6, 6.07) is 8.10. The summed E-state index contributed by atoms with van der Waals surface area (Å²) >= 11 is 0. The number of carbonyl (C=O) groups is 1. The number of hydrogen-bond donors (Lipinski definition) is 2. The first-order chi connectivity index (χ1) is 9.12.